The summed E-state index contributed by atoms with van der Waals surface area (Å²) in [6.45, 7) is 0.227. The highest BCUT2D eigenvalue weighted by atomic mass is 16.7. The Hall–Kier alpha value is -2.23. The average Bonchev–Trinajstić information content (AvgIpc) is 2.97. The topological polar surface area (TPSA) is 40.5 Å². The van der Waals surface area contributed by atoms with Crippen LogP contribution in [0.2, 0.25) is 0 Å². The first kappa shape index (κ1) is 7.98. The number of aromatic nitrogens is 1. The summed E-state index contributed by atoms with van der Waals surface area (Å²) in [5, 5.41) is 0. The Balaban J connectivity index is 2.06. The summed E-state index contributed by atoms with van der Waals surface area (Å²) < 4.78 is 12.4. The molecule has 1 aromatic carbocycles. The molecule has 2 aliphatic rings. The van der Waals surface area contributed by atoms with E-state index in [-0.39, 0.29) is 12.6 Å². The molecule has 0 amide bonds. The van der Waals surface area contributed by atoms with Gasteiger partial charge in [0.2, 0.25) is 12.6 Å². The van der Waals surface area contributed by atoms with Gasteiger partial charge < -0.3 is 14.0 Å². The Kier molecular flexibility index (Phi) is 1.23. The number of ketones is 1. The van der Waals surface area contributed by atoms with Crippen molar-refractivity contribution in [3.05, 3.63) is 41.7 Å². The summed E-state index contributed by atoms with van der Waals surface area (Å²) in [7, 11) is 0. The quantitative estimate of drug-likeness (QED) is 0.571. The minimum Gasteiger partial charge on any atom is -0.454 e. The summed E-state index contributed by atoms with van der Waals surface area (Å²) in [4.78, 5) is 12.0. The van der Waals surface area contributed by atoms with E-state index in [4.69, 9.17) is 9.47 Å². The standard InChI is InChI=1S/C12H7NO3/c14-12-7-4-10-11(16-6-15-10)5-9(7)13-3-1-2-8(12)13/h1-5H,6H2. The lowest BCUT2D eigenvalue weighted by Gasteiger charge is -2.02. The van der Waals surface area contributed by atoms with Gasteiger partial charge >= 0.3 is 0 Å². The second kappa shape index (κ2) is 2.47. The highest BCUT2D eigenvalue weighted by Gasteiger charge is 2.29. The first-order chi connectivity index (χ1) is 7.84. The second-order valence-corrected chi connectivity index (χ2v) is 3.82. The predicted octanol–water partition coefficient (Wildman–Crippen LogP) is 1.75. The summed E-state index contributed by atoms with van der Waals surface area (Å²) in [6, 6.07) is 7.29. The van der Waals surface area contributed by atoms with Crippen molar-refractivity contribution in [3.63, 3.8) is 0 Å². The third-order valence-corrected chi connectivity index (χ3v) is 2.98. The van der Waals surface area contributed by atoms with Crippen molar-refractivity contribution >= 4 is 5.78 Å². The van der Waals surface area contributed by atoms with E-state index < -0.39 is 0 Å². The molecule has 0 fully saturated rings. The molecule has 2 aliphatic heterocycles. The number of carbonyl (C=O) groups is 1. The predicted molar refractivity (Wildman–Crippen MR) is 55.3 cm³/mol. The molecule has 0 unspecified atom stereocenters. The van der Waals surface area contributed by atoms with Crippen molar-refractivity contribution in [2.75, 3.05) is 6.79 Å². The van der Waals surface area contributed by atoms with Gasteiger partial charge in [-0.05, 0) is 18.2 Å². The molecule has 4 nitrogen and oxygen atoms in total. The van der Waals surface area contributed by atoms with Crippen LogP contribution in [0.3, 0.4) is 0 Å². The molecule has 0 spiro atoms. The molecule has 0 atom stereocenters. The molecule has 16 heavy (non-hydrogen) atoms. The second-order valence-electron chi connectivity index (χ2n) is 3.82. The summed E-state index contributed by atoms with van der Waals surface area (Å²) >= 11 is 0. The van der Waals surface area contributed by atoms with Gasteiger partial charge in [-0.3, -0.25) is 4.79 Å². The normalized spacial score (nSPS) is 15.1. The number of ether oxygens (including phenoxy) is 2. The molecule has 0 saturated carbocycles. The molecule has 1 aromatic heterocycles. The van der Waals surface area contributed by atoms with Crippen LogP contribution in [0.15, 0.2) is 30.5 Å². The maximum Gasteiger partial charge on any atom is 0.231 e. The number of hydrogen-bond acceptors (Lipinski definition) is 3. The Morgan fingerprint density at radius 2 is 2.00 bits per heavy atom. The van der Waals surface area contributed by atoms with Crippen LogP contribution in [-0.2, 0) is 0 Å². The molecule has 3 heterocycles. The van der Waals surface area contributed by atoms with Crippen LogP contribution in [0.25, 0.3) is 5.69 Å². The van der Waals surface area contributed by atoms with Crippen LogP contribution in [0.1, 0.15) is 16.1 Å². The summed E-state index contributed by atoms with van der Waals surface area (Å²) in [5.74, 6) is 1.39. The van der Waals surface area contributed by atoms with Gasteiger partial charge in [0.15, 0.2) is 11.5 Å². The zero-order valence-electron chi connectivity index (χ0n) is 8.27. The van der Waals surface area contributed by atoms with E-state index in [9.17, 15) is 4.79 Å². The highest BCUT2D eigenvalue weighted by Crippen LogP contribution is 2.39. The van der Waals surface area contributed by atoms with Crippen molar-refractivity contribution in [1.29, 1.82) is 0 Å². The first-order valence-corrected chi connectivity index (χ1v) is 5.01. The van der Waals surface area contributed by atoms with Crippen molar-refractivity contribution in [2.24, 2.45) is 0 Å². The molecular weight excluding hydrogens is 206 g/mol. The van der Waals surface area contributed by atoms with Gasteiger partial charge in [0, 0.05) is 12.3 Å². The minimum atomic E-state index is 0.0401. The smallest absolute Gasteiger partial charge is 0.231 e. The lowest BCUT2D eigenvalue weighted by Crippen LogP contribution is -1.95. The van der Waals surface area contributed by atoms with E-state index >= 15 is 0 Å². The Morgan fingerprint density at radius 3 is 2.88 bits per heavy atom. The number of hydrogen-bond donors (Lipinski definition) is 0. The van der Waals surface area contributed by atoms with Crippen molar-refractivity contribution in [2.45, 2.75) is 0 Å². The maximum absolute atomic E-state index is 12.0. The number of rotatable bonds is 0. The maximum atomic E-state index is 12.0. The van der Waals surface area contributed by atoms with E-state index in [0.29, 0.717) is 22.8 Å². The van der Waals surface area contributed by atoms with Gasteiger partial charge in [0.1, 0.15) is 0 Å². The number of benzene rings is 1. The van der Waals surface area contributed by atoms with Crippen LogP contribution in [0, 0.1) is 0 Å². The van der Waals surface area contributed by atoms with Gasteiger partial charge in [-0.15, -0.1) is 0 Å². The Bertz CT molecular complexity index is 627. The third-order valence-electron chi connectivity index (χ3n) is 2.98. The van der Waals surface area contributed by atoms with Gasteiger partial charge in [0.05, 0.1) is 16.9 Å². The molecule has 4 rings (SSSR count). The molecule has 0 N–H and O–H groups in total. The Morgan fingerprint density at radius 1 is 1.19 bits per heavy atom. The van der Waals surface area contributed by atoms with E-state index in [1.165, 1.54) is 0 Å². The van der Waals surface area contributed by atoms with E-state index in [1.54, 1.807) is 6.07 Å². The molecule has 0 saturated heterocycles. The van der Waals surface area contributed by atoms with E-state index in [0.717, 1.165) is 5.69 Å². The molecule has 0 radical (unpaired) electrons. The first-order valence-electron chi connectivity index (χ1n) is 5.01. The van der Waals surface area contributed by atoms with Gasteiger partial charge in [-0.2, -0.15) is 0 Å². The number of carbonyl (C=O) groups excluding carboxylic acids is 1. The molecule has 2 aromatic rings. The van der Waals surface area contributed by atoms with Gasteiger partial charge in [0.25, 0.3) is 0 Å². The van der Waals surface area contributed by atoms with E-state index in [1.807, 2.05) is 29.0 Å². The van der Waals surface area contributed by atoms with Crippen molar-refractivity contribution < 1.29 is 14.3 Å². The molecular formula is C12H7NO3. The summed E-state index contributed by atoms with van der Waals surface area (Å²) in [5.41, 5.74) is 2.24. The number of fused-ring (bicyclic) bond motifs is 4. The van der Waals surface area contributed by atoms with Crippen LogP contribution in [0.5, 0.6) is 11.5 Å². The van der Waals surface area contributed by atoms with Crippen molar-refractivity contribution in [1.82, 2.24) is 4.57 Å². The monoisotopic (exact) mass is 213 g/mol. The van der Waals surface area contributed by atoms with Gasteiger partial charge in [-0.1, -0.05) is 0 Å². The zero-order valence-corrected chi connectivity index (χ0v) is 8.27. The van der Waals surface area contributed by atoms with Crippen LogP contribution >= 0.6 is 0 Å². The lowest BCUT2D eigenvalue weighted by atomic mass is 10.1. The fraction of sp³-hybridized carbons (Fsp3) is 0.0833. The zero-order chi connectivity index (χ0) is 10.7. The van der Waals surface area contributed by atoms with E-state index in [2.05, 4.69) is 0 Å². The van der Waals surface area contributed by atoms with Crippen LogP contribution < -0.4 is 9.47 Å². The summed E-state index contributed by atoms with van der Waals surface area (Å²) in [6.07, 6.45) is 1.88. The Labute approximate surface area is 91.0 Å². The molecule has 78 valence electrons. The number of nitrogens with zero attached hydrogens (tertiary/aromatic N) is 1. The molecule has 0 aliphatic carbocycles. The third kappa shape index (κ3) is 0.782. The fourth-order valence-corrected chi connectivity index (χ4v) is 2.23. The van der Waals surface area contributed by atoms with Crippen LogP contribution in [0.4, 0.5) is 0 Å². The highest BCUT2D eigenvalue weighted by molar-refractivity contribution is 6.14. The van der Waals surface area contributed by atoms with Gasteiger partial charge in [-0.25, -0.2) is 0 Å². The van der Waals surface area contributed by atoms with Crippen molar-refractivity contribution in [3.8, 4) is 17.2 Å². The average molecular weight is 213 g/mol. The SMILES string of the molecule is O=C1c2cc3c(cc2-n2cccc21)OCO3. The molecule has 0 bridgehead atoms. The fourth-order valence-electron chi connectivity index (χ4n) is 2.23. The lowest BCUT2D eigenvalue weighted by molar-refractivity contribution is 0.103. The van der Waals surface area contributed by atoms with Crippen LogP contribution in [-0.4, -0.2) is 17.1 Å². The molecule has 4 heteroatoms. The minimum absolute atomic E-state index is 0.0401. The largest absolute Gasteiger partial charge is 0.454 e.